The lowest BCUT2D eigenvalue weighted by atomic mass is 10.2. The largest absolute Gasteiger partial charge is 0.321 e. The van der Waals surface area contributed by atoms with Gasteiger partial charge in [-0.2, -0.15) is 0 Å². The van der Waals surface area contributed by atoms with Gasteiger partial charge in [0.25, 0.3) is 5.91 Å². The highest BCUT2D eigenvalue weighted by Gasteiger charge is 2.13. The van der Waals surface area contributed by atoms with Gasteiger partial charge < -0.3 is 5.32 Å². The van der Waals surface area contributed by atoms with E-state index in [1.807, 2.05) is 0 Å². The summed E-state index contributed by atoms with van der Waals surface area (Å²) in [5.74, 6) is -0.231. The van der Waals surface area contributed by atoms with Gasteiger partial charge in [-0.15, -0.1) is 12.6 Å². The van der Waals surface area contributed by atoms with Gasteiger partial charge in [-0.25, -0.2) is 0 Å². The van der Waals surface area contributed by atoms with Crippen molar-refractivity contribution in [3.63, 3.8) is 0 Å². The van der Waals surface area contributed by atoms with Gasteiger partial charge >= 0.3 is 0 Å². The zero-order valence-corrected chi connectivity index (χ0v) is 14.3. The second-order valence-electron chi connectivity index (χ2n) is 3.72. The molecule has 2 nitrogen and oxygen atoms in total. The number of hydrogen-bond donors (Lipinski definition) is 2. The number of halogens is 3. The Morgan fingerprint density at radius 2 is 1.95 bits per heavy atom. The molecule has 98 valence electrons. The normalized spacial score (nSPS) is 10.3. The van der Waals surface area contributed by atoms with Crippen LogP contribution in [0.25, 0.3) is 0 Å². The molecule has 19 heavy (non-hydrogen) atoms. The molecule has 1 amide bonds. The lowest BCUT2D eigenvalue weighted by Gasteiger charge is -2.10. The summed E-state index contributed by atoms with van der Waals surface area (Å²) in [6.07, 6.45) is 0. The summed E-state index contributed by atoms with van der Waals surface area (Å²) in [5.41, 5.74) is 1.13. The van der Waals surface area contributed by atoms with Crippen molar-refractivity contribution in [3.8, 4) is 0 Å². The van der Waals surface area contributed by atoms with E-state index >= 15 is 0 Å². The Bertz CT molecular complexity index is 649. The second-order valence-corrected chi connectivity index (χ2v) is 6.29. The van der Waals surface area contributed by atoms with Crippen LogP contribution >= 0.6 is 56.1 Å². The van der Waals surface area contributed by atoms with E-state index in [0.29, 0.717) is 25.2 Å². The number of carbonyl (C=O) groups excluding carboxylic acids is 1. The SMILES string of the molecule is O=C(Nc1cccc(Cl)c1Br)c1cc(S)ccc1Br. The van der Waals surface area contributed by atoms with Crippen LogP contribution < -0.4 is 5.32 Å². The van der Waals surface area contributed by atoms with Crippen LogP contribution in [0.5, 0.6) is 0 Å². The van der Waals surface area contributed by atoms with Crippen molar-refractivity contribution >= 4 is 67.7 Å². The van der Waals surface area contributed by atoms with Crippen LogP contribution in [0.15, 0.2) is 50.2 Å². The summed E-state index contributed by atoms with van der Waals surface area (Å²) >= 11 is 16.9. The molecule has 0 heterocycles. The van der Waals surface area contributed by atoms with E-state index < -0.39 is 0 Å². The molecule has 6 heteroatoms. The van der Waals surface area contributed by atoms with Crippen molar-refractivity contribution in [3.05, 3.63) is 55.9 Å². The number of carbonyl (C=O) groups is 1. The number of hydrogen-bond acceptors (Lipinski definition) is 2. The first-order valence-corrected chi connectivity index (χ1v) is 7.64. The standard InChI is InChI=1S/C13H8Br2ClNOS/c14-9-5-4-7(19)6-8(9)13(18)17-11-3-1-2-10(16)12(11)15/h1-6,19H,(H,17,18). The molecule has 2 rings (SSSR count). The Morgan fingerprint density at radius 1 is 1.21 bits per heavy atom. The van der Waals surface area contributed by atoms with E-state index in [1.165, 1.54) is 0 Å². The van der Waals surface area contributed by atoms with Crippen LogP contribution in [-0.4, -0.2) is 5.91 Å². The van der Waals surface area contributed by atoms with Crippen molar-refractivity contribution in [1.82, 2.24) is 0 Å². The van der Waals surface area contributed by atoms with E-state index in [0.717, 1.165) is 4.90 Å². The second kappa shape index (κ2) is 6.31. The fourth-order valence-corrected chi connectivity index (χ4v) is 2.65. The molecule has 1 N–H and O–H groups in total. The molecule has 0 saturated carbocycles. The summed E-state index contributed by atoms with van der Waals surface area (Å²) in [6.45, 7) is 0. The van der Waals surface area contributed by atoms with Gasteiger partial charge in [0.2, 0.25) is 0 Å². The first kappa shape index (κ1) is 14.9. The Morgan fingerprint density at radius 3 is 2.68 bits per heavy atom. The minimum atomic E-state index is -0.231. The number of nitrogens with one attached hydrogen (secondary N) is 1. The predicted molar refractivity (Wildman–Crippen MR) is 88.5 cm³/mol. The lowest BCUT2D eigenvalue weighted by Crippen LogP contribution is -2.13. The van der Waals surface area contributed by atoms with Gasteiger partial charge in [0.1, 0.15) is 0 Å². The van der Waals surface area contributed by atoms with Crippen molar-refractivity contribution < 1.29 is 4.79 Å². The average molecular weight is 422 g/mol. The van der Waals surface area contributed by atoms with Gasteiger partial charge in [0, 0.05) is 9.37 Å². The highest BCUT2D eigenvalue weighted by Crippen LogP contribution is 2.31. The first-order valence-electron chi connectivity index (χ1n) is 5.23. The third-order valence-corrected chi connectivity index (χ3v) is 4.76. The van der Waals surface area contributed by atoms with E-state index in [2.05, 4.69) is 49.8 Å². The fraction of sp³-hybridized carbons (Fsp3) is 0. The number of amides is 1. The van der Waals surface area contributed by atoms with E-state index in [-0.39, 0.29) is 5.91 Å². The van der Waals surface area contributed by atoms with Crippen LogP contribution in [0.4, 0.5) is 5.69 Å². The molecular formula is C13H8Br2ClNOS. The van der Waals surface area contributed by atoms with E-state index in [4.69, 9.17) is 11.6 Å². The smallest absolute Gasteiger partial charge is 0.256 e. The Labute approximate surface area is 138 Å². The van der Waals surface area contributed by atoms with Crippen LogP contribution in [0.3, 0.4) is 0 Å². The molecule has 0 fully saturated rings. The zero-order chi connectivity index (χ0) is 14.0. The van der Waals surface area contributed by atoms with Crippen molar-refractivity contribution in [1.29, 1.82) is 0 Å². The van der Waals surface area contributed by atoms with Gasteiger partial charge in [0.05, 0.1) is 20.7 Å². The first-order chi connectivity index (χ1) is 8.99. The topological polar surface area (TPSA) is 29.1 Å². The molecule has 0 radical (unpaired) electrons. The summed E-state index contributed by atoms with van der Waals surface area (Å²) in [4.78, 5) is 12.9. The van der Waals surface area contributed by atoms with Gasteiger partial charge in [-0.3, -0.25) is 4.79 Å². The Hall–Kier alpha value is -0.490. The highest BCUT2D eigenvalue weighted by atomic mass is 79.9. The molecule has 0 atom stereocenters. The molecule has 0 aliphatic heterocycles. The number of benzene rings is 2. The van der Waals surface area contributed by atoms with Crippen LogP contribution in [0.1, 0.15) is 10.4 Å². The molecule has 0 saturated heterocycles. The molecule has 0 bridgehead atoms. The van der Waals surface area contributed by atoms with E-state index in [9.17, 15) is 4.79 Å². The van der Waals surface area contributed by atoms with Crippen LogP contribution in [-0.2, 0) is 0 Å². The molecule has 0 aliphatic carbocycles. The quantitative estimate of drug-likeness (QED) is 0.624. The number of anilines is 1. The Kier molecular flexibility index (Phi) is 4.95. The van der Waals surface area contributed by atoms with Crippen molar-refractivity contribution in [2.45, 2.75) is 4.90 Å². The maximum absolute atomic E-state index is 12.2. The molecular weight excluding hydrogens is 413 g/mol. The maximum atomic E-state index is 12.2. The maximum Gasteiger partial charge on any atom is 0.256 e. The minimum Gasteiger partial charge on any atom is -0.321 e. The summed E-state index contributed by atoms with van der Waals surface area (Å²) < 4.78 is 1.36. The Balaban J connectivity index is 2.31. The number of rotatable bonds is 2. The van der Waals surface area contributed by atoms with Crippen molar-refractivity contribution in [2.75, 3.05) is 5.32 Å². The average Bonchev–Trinajstić information content (AvgIpc) is 2.38. The van der Waals surface area contributed by atoms with Crippen molar-refractivity contribution in [2.24, 2.45) is 0 Å². The third kappa shape index (κ3) is 3.54. The van der Waals surface area contributed by atoms with E-state index in [1.54, 1.807) is 36.4 Å². The summed E-state index contributed by atoms with van der Waals surface area (Å²) in [6, 6.07) is 10.6. The van der Waals surface area contributed by atoms with Gasteiger partial charge in [-0.1, -0.05) is 17.7 Å². The third-order valence-electron chi connectivity index (χ3n) is 2.39. The zero-order valence-electron chi connectivity index (χ0n) is 9.45. The highest BCUT2D eigenvalue weighted by molar-refractivity contribution is 9.11. The molecule has 2 aromatic rings. The lowest BCUT2D eigenvalue weighted by molar-refractivity contribution is 0.102. The summed E-state index contributed by atoms with van der Waals surface area (Å²) in [7, 11) is 0. The van der Waals surface area contributed by atoms with Crippen LogP contribution in [0.2, 0.25) is 5.02 Å². The van der Waals surface area contributed by atoms with Crippen LogP contribution in [0, 0.1) is 0 Å². The van der Waals surface area contributed by atoms with Gasteiger partial charge in [-0.05, 0) is 62.2 Å². The molecule has 2 aromatic carbocycles. The molecule has 0 aromatic heterocycles. The molecule has 0 aliphatic rings. The monoisotopic (exact) mass is 419 g/mol. The number of thiol groups is 1. The summed E-state index contributed by atoms with van der Waals surface area (Å²) in [5, 5.41) is 3.34. The predicted octanol–water partition coefficient (Wildman–Crippen LogP) is 5.41. The minimum absolute atomic E-state index is 0.231. The molecule has 0 spiro atoms. The van der Waals surface area contributed by atoms with Gasteiger partial charge in [0.15, 0.2) is 0 Å². The molecule has 0 unspecified atom stereocenters. The fourth-order valence-electron chi connectivity index (χ4n) is 1.48.